The molecule has 0 aliphatic rings. The lowest BCUT2D eigenvalue weighted by molar-refractivity contribution is 0.0956. The van der Waals surface area contributed by atoms with Gasteiger partial charge in [0, 0.05) is 23.6 Å². The van der Waals surface area contributed by atoms with E-state index in [1.165, 1.54) is 17.2 Å². The smallest absolute Gasteiger partial charge is 0.262 e. The van der Waals surface area contributed by atoms with Crippen molar-refractivity contribution < 1.29 is 13.2 Å². The Morgan fingerprint density at radius 2 is 1.62 bits per heavy atom. The van der Waals surface area contributed by atoms with Crippen LogP contribution in [-0.4, -0.2) is 26.6 Å². The number of rotatable bonds is 9. The molecule has 7 heteroatoms. The normalized spacial score (nSPS) is 11.2. The molecule has 3 rings (SSSR count). The first-order valence-corrected chi connectivity index (χ1v) is 13.0. The molecule has 0 radical (unpaired) electrons. The van der Waals surface area contributed by atoms with E-state index in [9.17, 15) is 13.2 Å². The minimum atomic E-state index is -3.82. The molecule has 5 nitrogen and oxygen atoms in total. The number of nitrogens with one attached hydrogen (secondary N) is 2. The van der Waals surface area contributed by atoms with Gasteiger partial charge in [0.15, 0.2) is 0 Å². The average Bonchev–Trinajstić information content (AvgIpc) is 2.76. The Morgan fingerprint density at radius 3 is 2.34 bits per heavy atom. The standard InChI is InChI=1S/C25H28N2O3S2/c1-18-8-11-21(12-9-18)17-31-15-14-26-25(28)22-13-10-20(3)24(16-22)32(29,30)27-23-7-5-4-6-19(23)2/h4-13,16,27H,14-15,17H2,1-3H3,(H,26,28). The van der Waals surface area contributed by atoms with Crippen LogP contribution in [0.25, 0.3) is 0 Å². The molecule has 0 spiro atoms. The predicted molar refractivity (Wildman–Crippen MR) is 133 cm³/mol. The largest absolute Gasteiger partial charge is 0.351 e. The van der Waals surface area contributed by atoms with Gasteiger partial charge in [0.2, 0.25) is 0 Å². The van der Waals surface area contributed by atoms with Gasteiger partial charge in [0.25, 0.3) is 15.9 Å². The molecule has 0 aliphatic carbocycles. The molecule has 32 heavy (non-hydrogen) atoms. The Kier molecular flexibility index (Phi) is 7.99. The summed E-state index contributed by atoms with van der Waals surface area (Å²) >= 11 is 1.74. The minimum absolute atomic E-state index is 0.0992. The van der Waals surface area contributed by atoms with Crippen molar-refractivity contribution in [3.05, 3.63) is 94.5 Å². The van der Waals surface area contributed by atoms with Gasteiger partial charge in [-0.15, -0.1) is 0 Å². The van der Waals surface area contributed by atoms with E-state index in [1.54, 1.807) is 43.0 Å². The molecule has 0 unspecified atom stereocenters. The first-order chi connectivity index (χ1) is 15.3. The summed E-state index contributed by atoms with van der Waals surface area (Å²) in [5.41, 5.74) is 4.74. The van der Waals surface area contributed by atoms with Crippen LogP contribution in [0.4, 0.5) is 5.69 Å². The van der Waals surface area contributed by atoms with E-state index in [2.05, 4.69) is 41.2 Å². The van der Waals surface area contributed by atoms with Gasteiger partial charge in [0.1, 0.15) is 0 Å². The quantitative estimate of drug-likeness (QED) is 0.430. The van der Waals surface area contributed by atoms with Crippen molar-refractivity contribution in [2.45, 2.75) is 31.4 Å². The number of amides is 1. The summed E-state index contributed by atoms with van der Waals surface area (Å²) in [6, 6.07) is 20.3. The highest BCUT2D eigenvalue weighted by Gasteiger charge is 2.20. The van der Waals surface area contributed by atoms with Gasteiger partial charge < -0.3 is 5.32 Å². The van der Waals surface area contributed by atoms with Gasteiger partial charge >= 0.3 is 0 Å². The highest BCUT2D eigenvalue weighted by atomic mass is 32.2. The van der Waals surface area contributed by atoms with Crippen molar-refractivity contribution in [1.29, 1.82) is 0 Å². The summed E-state index contributed by atoms with van der Waals surface area (Å²) < 4.78 is 28.5. The fourth-order valence-corrected chi connectivity index (χ4v) is 5.35. The van der Waals surface area contributed by atoms with E-state index in [4.69, 9.17) is 0 Å². The number of thioether (sulfide) groups is 1. The maximum absolute atomic E-state index is 13.0. The molecule has 1 amide bonds. The summed E-state index contributed by atoms with van der Waals surface area (Å²) in [5, 5.41) is 2.88. The van der Waals surface area contributed by atoms with Crippen LogP contribution < -0.4 is 10.0 Å². The Labute approximate surface area is 194 Å². The van der Waals surface area contributed by atoms with E-state index >= 15 is 0 Å². The Hall–Kier alpha value is -2.77. The molecular formula is C25H28N2O3S2. The van der Waals surface area contributed by atoms with Crippen LogP contribution in [0.15, 0.2) is 71.6 Å². The lowest BCUT2D eigenvalue weighted by Crippen LogP contribution is -2.26. The topological polar surface area (TPSA) is 75.3 Å². The number of carbonyl (C=O) groups is 1. The molecule has 0 heterocycles. The zero-order valence-electron chi connectivity index (χ0n) is 18.5. The first kappa shape index (κ1) is 23.9. The number of benzene rings is 3. The van der Waals surface area contributed by atoms with Gasteiger partial charge in [-0.25, -0.2) is 8.42 Å². The van der Waals surface area contributed by atoms with E-state index in [0.717, 1.165) is 17.1 Å². The summed E-state index contributed by atoms with van der Waals surface area (Å²) in [4.78, 5) is 12.7. The van der Waals surface area contributed by atoms with Crippen LogP contribution >= 0.6 is 11.8 Å². The lowest BCUT2D eigenvalue weighted by Gasteiger charge is -2.13. The van der Waals surface area contributed by atoms with Crippen molar-refractivity contribution in [1.82, 2.24) is 5.32 Å². The van der Waals surface area contributed by atoms with Crippen LogP contribution in [0.1, 0.15) is 32.6 Å². The number of sulfonamides is 1. The second kappa shape index (κ2) is 10.7. The maximum Gasteiger partial charge on any atom is 0.262 e. The van der Waals surface area contributed by atoms with Crippen LogP contribution in [0, 0.1) is 20.8 Å². The number of hydrogen-bond donors (Lipinski definition) is 2. The Morgan fingerprint density at radius 1 is 0.906 bits per heavy atom. The van der Waals surface area contributed by atoms with Crippen molar-refractivity contribution in [3.8, 4) is 0 Å². The monoisotopic (exact) mass is 468 g/mol. The number of anilines is 1. The van der Waals surface area contributed by atoms with E-state index in [-0.39, 0.29) is 10.8 Å². The van der Waals surface area contributed by atoms with E-state index < -0.39 is 10.0 Å². The third-order valence-corrected chi connectivity index (χ3v) is 7.59. The molecule has 0 bridgehead atoms. The summed E-state index contributed by atoms with van der Waals surface area (Å²) in [6.07, 6.45) is 0. The molecule has 168 valence electrons. The fraction of sp³-hybridized carbons (Fsp3) is 0.240. The molecule has 0 aliphatic heterocycles. The number of para-hydroxylation sites is 1. The average molecular weight is 469 g/mol. The van der Waals surface area contributed by atoms with Gasteiger partial charge in [-0.1, -0.05) is 54.1 Å². The minimum Gasteiger partial charge on any atom is -0.351 e. The van der Waals surface area contributed by atoms with Crippen LogP contribution in [-0.2, 0) is 15.8 Å². The van der Waals surface area contributed by atoms with Crippen LogP contribution in [0.2, 0.25) is 0 Å². The zero-order valence-corrected chi connectivity index (χ0v) is 20.1. The van der Waals surface area contributed by atoms with Gasteiger partial charge in [-0.05, 0) is 55.7 Å². The molecule has 0 atom stereocenters. The number of hydrogen-bond acceptors (Lipinski definition) is 4. The Bertz CT molecular complexity index is 1190. The highest BCUT2D eigenvalue weighted by molar-refractivity contribution is 7.98. The van der Waals surface area contributed by atoms with Gasteiger partial charge in [-0.2, -0.15) is 11.8 Å². The third-order valence-electron chi connectivity index (χ3n) is 5.05. The summed E-state index contributed by atoms with van der Waals surface area (Å²) in [6.45, 7) is 6.13. The summed E-state index contributed by atoms with van der Waals surface area (Å²) in [5.74, 6) is 1.37. The molecule has 3 aromatic rings. The van der Waals surface area contributed by atoms with Crippen molar-refractivity contribution >= 4 is 33.4 Å². The zero-order chi connectivity index (χ0) is 23.1. The van der Waals surface area contributed by atoms with Crippen molar-refractivity contribution in [2.24, 2.45) is 0 Å². The lowest BCUT2D eigenvalue weighted by atomic mass is 10.1. The maximum atomic E-state index is 13.0. The van der Waals surface area contributed by atoms with Crippen LogP contribution in [0.5, 0.6) is 0 Å². The van der Waals surface area contributed by atoms with E-state index in [1.807, 2.05) is 19.1 Å². The highest BCUT2D eigenvalue weighted by Crippen LogP contribution is 2.23. The predicted octanol–water partition coefficient (Wildman–Crippen LogP) is 5.08. The number of carbonyl (C=O) groups excluding carboxylic acids is 1. The molecule has 0 aromatic heterocycles. The second-order valence-corrected chi connectivity index (χ2v) is 10.5. The third kappa shape index (κ3) is 6.37. The molecule has 3 aromatic carbocycles. The molecular weight excluding hydrogens is 440 g/mol. The van der Waals surface area contributed by atoms with Gasteiger partial charge in [-0.3, -0.25) is 9.52 Å². The second-order valence-electron chi connectivity index (χ2n) is 7.69. The van der Waals surface area contributed by atoms with Crippen molar-refractivity contribution in [3.63, 3.8) is 0 Å². The van der Waals surface area contributed by atoms with Gasteiger partial charge in [0.05, 0.1) is 10.6 Å². The first-order valence-electron chi connectivity index (χ1n) is 10.4. The fourth-order valence-electron chi connectivity index (χ4n) is 3.13. The molecule has 0 saturated heterocycles. The molecule has 2 N–H and O–H groups in total. The summed E-state index contributed by atoms with van der Waals surface area (Å²) in [7, 11) is -3.82. The SMILES string of the molecule is Cc1ccc(CSCCNC(=O)c2ccc(C)c(S(=O)(=O)Nc3ccccc3C)c2)cc1. The van der Waals surface area contributed by atoms with E-state index in [0.29, 0.717) is 23.4 Å². The number of aryl methyl sites for hydroxylation is 3. The molecule has 0 saturated carbocycles. The van der Waals surface area contributed by atoms with Crippen molar-refractivity contribution in [2.75, 3.05) is 17.0 Å². The molecule has 0 fully saturated rings. The Balaban J connectivity index is 1.59. The van der Waals surface area contributed by atoms with Crippen LogP contribution in [0.3, 0.4) is 0 Å².